The quantitative estimate of drug-likeness (QED) is 0.476. The molecule has 30 heavy (non-hydrogen) atoms. The van der Waals surface area contributed by atoms with Crippen LogP contribution in [0.1, 0.15) is 41.6 Å². The van der Waals surface area contributed by atoms with Crippen LogP contribution >= 0.6 is 22.9 Å². The molecule has 1 heterocycles. The van der Waals surface area contributed by atoms with E-state index in [0.29, 0.717) is 38.6 Å². The standard InChI is InChI=1S/C21H21ClN4O3S/c1-2-3-4-18(27)23-16-9-5-14(6-10-16)20(28)24-21-26-25-19(30-21)13-29-17-11-7-15(22)8-12-17/h5-12H,2-4,13H2,1H3,(H,23,27)(H,24,26,28). The maximum Gasteiger partial charge on any atom is 0.257 e. The first kappa shape index (κ1) is 21.7. The molecule has 0 aliphatic carbocycles. The minimum Gasteiger partial charge on any atom is -0.486 e. The number of unbranched alkanes of at least 4 members (excludes halogenated alkanes) is 1. The van der Waals surface area contributed by atoms with Crippen molar-refractivity contribution in [2.24, 2.45) is 0 Å². The number of amides is 2. The second-order valence-electron chi connectivity index (χ2n) is 6.43. The fraction of sp³-hybridized carbons (Fsp3) is 0.238. The zero-order valence-electron chi connectivity index (χ0n) is 16.4. The first-order chi connectivity index (χ1) is 14.5. The Bertz CT molecular complexity index is 990. The Morgan fingerprint density at radius 1 is 1.03 bits per heavy atom. The summed E-state index contributed by atoms with van der Waals surface area (Å²) in [6.45, 7) is 2.27. The van der Waals surface area contributed by atoms with Crippen LogP contribution in [0.25, 0.3) is 0 Å². The number of ether oxygens (including phenoxy) is 1. The Labute approximate surface area is 183 Å². The van der Waals surface area contributed by atoms with E-state index in [1.807, 2.05) is 6.92 Å². The molecule has 0 radical (unpaired) electrons. The van der Waals surface area contributed by atoms with E-state index in [4.69, 9.17) is 16.3 Å². The zero-order chi connectivity index (χ0) is 21.3. The lowest BCUT2D eigenvalue weighted by molar-refractivity contribution is -0.116. The van der Waals surface area contributed by atoms with Crippen LogP contribution in [0.4, 0.5) is 10.8 Å². The number of nitrogens with one attached hydrogen (secondary N) is 2. The normalized spacial score (nSPS) is 10.5. The molecular weight excluding hydrogens is 424 g/mol. The predicted octanol–water partition coefficient (Wildman–Crippen LogP) is 5.15. The van der Waals surface area contributed by atoms with Gasteiger partial charge in [0, 0.05) is 22.7 Å². The number of halogens is 1. The number of hydrogen-bond acceptors (Lipinski definition) is 6. The summed E-state index contributed by atoms with van der Waals surface area (Å²) in [7, 11) is 0. The number of carbonyl (C=O) groups is 2. The number of nitrogens with zero attached hydrogens (tertiary/aromatic N) is 2. The maximum absolute atomic E-state index is 12.4. The molecule has 156 valence electrons. The van der Waals surface area contributed by atoms with E-state index in [2.05, 4.69) is 20.8 Å². The van der Waals surface area contributed by atoms with Crippen molar-refractivity contribution in [3.8, 4) is 5.75 Å². The van der Waals surface area contributed by atoms with Crippen LogP contribution in [0.15, 0.2) is 48.5 Å². The first-order valence-corrected chi connectivity index (χ1v) is 10.6. The van der Waals surface area contributed by atoms with Crippen LogP contribution in [-0.2, 0) is 11.4 Å². The number of benzene rings is 2. The van der Waals surface area contributed by atoms with Crippen molar-refractivity contribution in [2.75, 3.05) is 10.6 Å². The average molecular weight is 445 g/mol. The third-order valence-corrected chi connectivity index (χ3v) is 5.12. The van der Waals surface area contributed by atoms with Crippen molar-refractivity contribution in [3.05, 3.63) is 64.1 Å². The van der Waals surface area contributed by atoms with Gasteiger partial charge in [-0.2, -0.15) is 0 Å². The van der Waals surface area contributed by atoms with Crippen molar-refractivity contribution in [1.82, 2.24) is 10.2 Å². The third kappa shape index (κ3) is 6.53. The van der Waals surface area contributed by atoms with Crippen LogP contribution in [0.5, 0.6) is 5.75 Å². The lowest BCUT2D eigenvalue weighted by Crippen LogP contribution is -2.13. The highest BCUT2D eigenvalue weighted by Gasteiger charge is 2.11. The second-order valence-corrected chi connectivity index (χ2v) is 7.93. The van der Waals surface area contributed by atoms with Gasteiger partial charge in [0.1, 0.15) is 12.4 Å². The van der Waals surface area contributed by atoms with Crippen molar-refractivity contribution >= 4 is 45.6 Å². The Balaban J connectivity index is 1.51. The number of aromatic nitrogens is 2. The van der Waals surface area contributed by atoms with Gasteiger partial charge in [-0.1, -0.05) is 36.3 Å². The van der Waals surface area contributed by atoms with Gasteiger partial charge in [-0.3, -0.25) is 14.9 Å². The molecule has 3 aromatic rings. The van der Waals surface area contributed by atoms with Gasteiger partial charge in [0.05, 0.1) is 0 Å². The molecule has 9 heteroatoms. The number of carbonyl (C=O) groups excluding carboxylic acids is 2. The summed E-state index contributed by atoms with van der Waals surface area (Å²) in [5.41, 5.74) is 1.11. The monoisotopic (exact) mass is 444 g/mol. The smallest absolute Gasteiger partial charge is 0.257 e. The van der Waals surface area contributed by atoms with E-state index in [0.717, 1.165) is 12.8 Å². The van der Waals surface area contributed by atoms with Gasteiger partial charge < -0.3 is 10.1 Å². The molecule has 7 nitrogen and oxygen atoms in total. The van der Waals surface area contributed by atoms with Crippen LogP contribution in [-0.4, -0.2) is 22.0 Å². The summed E-state index contributed by atoms with van der Waals surface area (Å²) in [6, 6.07) is 13.7. The average Bonchev–Trinajstić information content (AvgIpc) is 3.19. The highest BCUT2D eigenvalue weighted by atomic mass is 35.5. The van der Waals surface area contributed by atoms with Crippen molar-refractivity contribution in [1.29, 1.82) is 0 Å². The van der Waals surface area contributed by atoms with Crippen LogP contribution in [0.3, 0.4) is 0 Å². The van der Waals surface area contributed by atoms with Crippen molar-refractivity contribution in [2.45, 2.75) is 32.8 Å². The van der Waals surface area contributed by atoms with E-state index in [1.165, 1.54) is 11.3 Å². The summed E-state index contributed by atoms with van der Waals surface area (Å²) in [5, 5.41) is 15.2. The highest BCUT2D eigenvalue weighted by Crippen LogP contribution is 2.20. The molecule has 0 spiro atoms. The first-order valence-electron chi connectivity index (χ1n) is 9.45. The zero-order valence-corrected chi connectivity index (χ0v) is 17.9. The fourth-order valence-corrected chi connectivity index (χ4v) is 3.25. The van der Waals surface area contributed by atoms with Gasteiger partial charge >= 0.3 is 0 Å². The Morgan fingerprint density at radius 2 is 1.77 bits per heavy atom. The molecule has 0 aliphatic rings. The molecule has 1 aromatic heterocycles. The number of rotatable bonds is 9. The van der Waals surface area contributed by atoms with E-state index in [9.17, 15) is 9.59 Å². The van der Waals surface area contributed by atoms with Gasteiger partial charge in [0.2, 0.25) is 11.0 Å². The Hall–Kier alpha value is -2.97. The second kappa shape index (κ2) is 10.7. The van der Waals surface area contributed by atoms with E-state index in [-0.39, 0.29) is 18.4 Å². The molecule has 3 rings (SSSR count). The summed E-state index contributed by atoms with van der Waals surface area (Å²) in [4.78, 5) is 24.2. The molecule has 0 aliphatic heterocycles. The highest BCUT2D eigenvalue weighted by molar-refractivity contribution is 7.15. The van der Waals surface area contributed by atoms with Crippen LogP contribution < -0.4 is 15.4 Å². The van der Waals surface area contributed by atoms with Gasteiger partial charge in [-0.05, 0) is 55.0 Å². The lowest BCUT2D eigenvalue weighted by Gasteiger charge is -2.06. The van der Waals surface area contributed by atoms with E-state index >= 15 is 0 Å². The van der Waals surface area contributed by atoms with Gasteiger partial charge in [0.25, 0.3) is 5.91 Å². The summed E-state index contributed by atoms with van der Waals surface area (Å²) in [5.74, 6) is 0.332. The molecule has 2 aromatic carbocycles. The Morgan fingerprint density at radius 3 is 2.47 bits per heavy atom. The molecule has 0 fully saturated rings. The van der Waals surface area contributed by atoms with E-state index < -0.39 is 0 Å². The van der Waals surface area contributed by atoms with E-state index in [1.54, 1.807) is 48.5 Å². The molecule has 0 unspecified atom stereocenters. The fourth-order valence-electron chi connectivity index (χ4n) is 2.47. The van der Waals surface area contributed by atoms with Crippen LogP contribution in [0, 0.1) is 0 Å². The summed E-state index contributed by atoms with van der Waals surface area (Å²) < 4.78 is 5.62. The SMILES string of the molecule is CCCCC(=O)Nc1ccc(C(=O)Nc2nnc(COc3ccc(Cl)cc3)s2)cc1. The maximum atomic E-state index is 12.4. The third-order valence-electron chi connectivity index (χ3n) is 4.05. The minimum absolute atomic E-state index is 0.0312. The number of hydrogen-bond donors (Lipinski definition) is 2. The lowest BCUT2D eigenvalue weighted by atomic mass is 10.2. The van der Waals surface area contributed by atoms with Gasteiger partial charge in [-0.15, -0.1) is 10.2 Å². The van der Waals surface area contributed by atoms with Gasteiger partial charge in [0.15, 0.2) is 5.01 Å². The van der Waals surface area contributed by atoms with Crippen LogP contribution in [0.2, 0.25) is 5.02 Å². The molecule has 2 amide bonds. The summed E-state index contributed by atoms with van der Waals surface area (Å²) >= 11 is 7.08. The number of anilines is 2. The molecule has 0 saturated heterocycles. The van der Waals surface area contributed by atoms with Crippen molar-refractivity contribution < 1.29 is 14.3 Å². The predicted molar refractivity (Wildman–Crippen MR) is 118 cm³/mol. The molecule has 2 N–H and O–H groups in total. The van der Waals surface area contributed by atoms with Crippen molar-refractivity contribution in [3.63, 3.8) is 0 Å². The largest absolute Gasteiger partial charge is 0.486 e. The molecule has 0 bridgehead atoms. The summed E-state index contributed by atoms with van der Waals surface area (Å²) in [6.07, 6.45) is 2.30. The molecule has 0 saturated carbocycles. The minimum atomic E-state index is -0.305. The molecular formula is C21H21ClN4O3S. The topological polar surface area (TPSA) is 93.2 Å². The Kier molecular flexibility index (Phi) is 7.75. The molecule has 0 atom stereocenters. The van der Waals surface area contributed by atoms with Gasteiger partial charge in [-0.25, -0.2) is 0 Å².